The van der Waals surface area contributed by atoms with Gasteiger partial charge in [0.1, 0.15) is 0 Å². The Hall–Kier alpha value is -5.64. The van der Waals surface area contributed by atoms with Crippen molar-refractivity contribution in [3.8, 4) is 0 Å². The molecule has 0 spiro atoms. The highest BCUT2D eigenvalue weighted by Crippen LogP contribution is 2.42. The highest BCUT2D eigenvalue weighted by molar-refractivity contribution is 7.92. The van der Waals surface area contributed by atoms with Crippen LogP contribution in [0.2, 0.25) is 30.1 Å². The average molecular weight is 1710 g/mol. The van der Waals surface area contributed by atoms with Gasteiger partial charge in [0.25, 0.3) is 0 Å². The Morgan fingerprint density at radius 2 is 0.586 bits per heavy atom. The van der Waals surface area contributed by atoms with Crippen LogP contribution < -0.4 is 0 Å². The summed E-state index contributed by atoms with van der Waals surface area (Å²) in [6.07, 6.45) is 1.15. The van der Waals surface area contributed by atoms with E-state index in [4.69, 9.17) is 129 Å². The van der Waals surface area contributed by atoms with Crippen LogP contribution in [0.1, 0.15) is 87.1 Å². The first-order valence-electron chi connectivity index (χ1n) is 36.1. The maximum Gasteiger partial charge on any atom is 0.178 e. The minimum Gasteiger partial charge on any atom is -0.379 e. The Labute approximate surface area is 680 Å². The average Bonchev–Trinajstić information content (AvgIpc) is 0.783. The van der Waals surface area contributed by atoms with Crippen molar-refractivity contribution in [2.75, 3.05) is 197 Å². The summed E-state index contributed by atoms with van der Waals surface area (Å²) in [6, 6.07) is 32.5. The van der Waals surface area contributed by atoms with Gasteiger partial charge in [0.15, 0.2) is 29.5 Å². The van der Waals surface area contributed by atoms with Gasteiger partial charge in [0.05, 0.1) is 131 Å². The van der Waals surface area contributed by atoms with Crippen molar-refractivity contribution in [1.82, 2.24) is 14.7 Å². The van der Waals surface area contributed by atoms with Gasteiger partial charge in [-0.05, 0) is 180 Å². The highest BCUT2D eigenvalue weighted by Gasteiger charge is 2.32. The molecule has 0 saturated heterocycles. The fourth-order valence-corrected chi connectivity index (χ4v) is 18.4. The quantitative estimate of drug-likeness (QED) is 0.0148. The van der Waals surface area contributed by atoms with E-state index in [1.54, 1.807) is 72.8 Å². The Morgan fingerprint density at radius 1 is 0.351 bits per heavy atom. The molecule has 0 bridgehead atoms. The molecule has 0 fully saturated rings. The lowest BCUT2D eigenvalue weighted by molar-refractivity contribution is 0.0162. The second kappa shape index (κ2) is 49.3. The summed E-state index contributed by atoms with van der Waals surface area (Å²) >= 11 is 38.3. The molecule has 1 unspecified atom stereocenters. The zero-order valence-corrected chi connectivity index (χ0v) is 69.4. The first kappa shape index (κ1) is 92.5. The fraction of sp³-hybridized carbons (Fsp3) is 0.520. The maximum absolute atomic E-state index is 13.0. The monoisotopic (exact) mass is 1710 g/mol. The Morgan fingerprint density at radius 3 is 0.829 bits per heavy atom. The molecule has 0 N–H and O–H groups in total. The van der Waals surface area contributed by atoms with Gasteiger partial charge in [-0.3, -0.25) is 0 Å². The normalized spacial score (nSPS) is 15.8. The summed E-state index contributed by atoms with van der Waals surface area (Å²) in [6.45, 7) is 12.0. The molecule has 0 aliphatic carbocycles. The largest absolute Gasteiger partial charge is 0.379 e. The number of nitrogens with zero attached hydrogens (tertiary/aromatic N) is 12. The zero-order valence-electron chi connectivity index (χ0n) is 62.4. The van der Waals surface area contributed by atoms with E-state index >= 15 is 0 Å². The molecule has 9 rings (SSSR count). The summed E-state index contributed by atoms with van der Waals surface area (Å²) in [7, 11) is -4.33. The van der Waals surface area contributed by atoms with Crippen LogP contribution in [0.15, 0.2) is 139 Å². The number of halogens is 6. The van der Waals surface area contributed by atoms with Crippen molar-refractivity contribution in [3.05, 3.63) is 221 Å². The smallest absolute Gasteiger partial charge is 0.178 e. The molecule has 111 heavy (non-hydrogen) atoms. The number of fused-ring (bicyclic) bond motifs is 3. The summed E-state index contributed by atoms with van der Waals surface area (Å²) in [4.78, 5) is 15.3. The van der Waals surface area contributed by atoms with E-state index in [-0.39, 0.29) is 35.0 Å². The topological polar surface area (TPSA) is 341 Å². The van der Waals surface area contributed by atoms with Crippen molar-refractivity contribution in [2.24, 2.45) is 15.3 Å². The second-order valence-corrected chi connectivity index (χ2v) is 35.1. The number of ether oxygens (including phenoxy) is 9. The third-order valence-corrected chi connectivity index (χ3v) is 24.9. The summed E-state index contributed by atoms with van der Waals surface area (Å²) in [5, 5.41) is 13.7. The lowest BCUT2D eigenvalue weighted by Crippen LogP contribution is -2.31. The van der Waals surface area contributed by atoms with Crippen LogP contribution in [0.5, 0.6) is 0 Å². The molecule has 3 atom stereocenters. The van der Waals surface area contributed by atoms with Crippen molar-refractivity contribution in [2.45, 2.75) is 71.3 Å². The van der Waals surface area contributed by atoms with Gasteiger partial charge < -0.3 is 57.3 Å². The van der Waals surface area contributed by atoms with E-state index in [9.17, 15) is 25.3 Å². The van der Waals surface area contributed by atoms with Crippen molar-refractivity contribution < 1.29 is 67.9 Å². The molecule has 3 aliphatic heterocycles. The molecule has 3 heterocycles. The Kier molecular flexibility index (Phi) is 41.1. The first-order valence-corrected chi connectivity index (χ1v) is 43.4. The van der Waals surface area contributed by atoms with Gasteiger partial charge in [-0.25, -0.2) is 25.3 Å². The SMILES string of the molecule is CN1Cc2c(Cl)cc(Cl)cc2C(c2cccc(S(=O)(=O)CCCOCCOCCOCCN=[N+]=[N-])c2)C1.CN1Cc2c(Cl)cc(Cl)cc2[C@@H](c2cccc(S(=O)(=O)CCCOCCOCCOCCN=[N+]=[N-])c2)C1.CN1Cc2c(Cl)cc(Cl)cc2[C@H](c2cccc(S(=O)(=O)CCCOCCOCCOCCN=[N+]=[N-])c2)C1. The second-order valence-electron chi connectivity index (χ2n) is 26.2. The lowest BCUT2D eigenvalue weighted by Gasteiger charge is -2.33. The molecule has 3 aliphatic rings. The predicted octanol–water partition coefficient (Wildman–Crippen LogP) is 15.3. The van der Waals surface area contributed by atoms with Crippen molar-refractivity contribution in [1.29, 1.82) is 0 Å². The molecule has 27 nitrogen and oxygen atoms in total. The van der Waals surface area contributed by atoms with Crippen LogP contribution in [0.3, 0.4) is 0 Å². The molecule has 36 heteroatoms. The van der Waals surface area contributed by atoms with Crippen LogP contribution in [0, 0.1) is 0 Å². The number of sulfone groups is 3. The van der Waals surface area contributed by atoms with Crippen LogP contribution in [-0.2, 0) is 91.8 Å². The lowest BCUT2D eigenvalue weighted by atomic mass is 9.85. The Balaban J connectivity index is 0.000000231. The van der Waals surface area contributed by atoms with Crippen LogP contribution in [0.25, 0.3) is 31.3 Å². The molecule has 6 aromatic rings. The number of benzene rings is 6. The van der Waals surface area contributed by atoms with E-state index in [2.05, 4.69) is 44.8 Å². The third-order valence-electron chi connectivity index (χ3n) is 17.9. The van der Waals surface area contributed by atoms with E-state index in [0.717, 1.165) is 89.3 Å². The molecule has 6 aromatic carbocycles. The molecule has 0 radical (unpaired) electrons. The van der Waals surface area contributed by atoms with Crippen molar-refractivity contribution >= 4 is 99.1 Å². The molecule has 0 saturated carbocycles. The summed E-state index contributed by atoms with van der Waals surface area (Å²) < 4.78 is 126. The van der Waals surface area contributed by atoms with Gasteiger partial charge in [0.2, 0.25) is 0 Å². The molecule has 0 amide bonds. The standard InChI is InChI=1S/3C25H32Cl2N4O5S/c3*1-31-17-23(22-15-20(26)16-25(27)24(22)18-31)19-4-2-5-21(14-19)37(32,33)13-3-7-34-9-11-36-12-10-35-8-6-29-30-28/h3*2,4-5,14-16,23H,3,6-13,17-18H2,1H3/t2*23-;/m10./s1. The first-order chi connectivity index (χ1) is 53.4. The molecular formula is C75H96Cl6N12O15S3. The van der Waals surface area contributed by atoms with E-state index in [0.29, 0.717) is 203 Å². The highest BCUT2D eigenvalue weighted by atomic mass is 35.5. The van der Waals surface area contributed by atoms with Gasteiger partial charge in [-0.2, -0.15) is 0 Å². The number of azide groups is 3. The minimum absolute atomic E-state index is 0.00482. The number of hydrogen-bond acceptors (Lipinski definition) is 21. The van der Waals surface area contributed by atoms with E-state index in [1.165, 1.54) is 0 Å². The zero-order chi connectivity index (χ0) is 80.0. The van der Waals surface area contributed by atoms with Crippen molar-refractivity contribution in [3.63, 3.8) is 0 Å². The molecule has 606 valence electrons. The van der Waals surface area contributed by atoms with Gasteiger partial charge in [-0.15, -0.1) is 0 Å². The molecule has 0 aromatic heterocycles. The Bertz CT molecular complexity index is 4010. The molecular weight excluding hydrogens is 1620 g/mol. The summed E-state index contributed by atoms with van der Waals surface area (Å²) in [5.74, 6) is -0.0981. The van der Waals surface area contributed by atoms with Crippen LogP contribution in [0.4, 0.5) is 0 Å². The van der Waals surface area contributed by atoms with E-state index in [1.807, 2.05) is 57.5 Å². The van der Waals surface area contributed by atoms with Crippen LogP contribution in [-0.4, -0.2) is 237 Å². The van der Waals surface area contributed by atoms with Gasteiger partial charge in [-0.1, -0.05) is 121 Å². The minimum atomic E-state index is -3.47. The number of likely N-dealkylation sites (N-methyl/N-ethyl adjacent to an activating group) is 3. The van der Waals surface area contributed by atoms with Gasteiger partial charge in [0, 0.05) is 141 Å². The predicted molar refractivity (Wildman–Crippen MR) is 433 cm³/mol. The summed E-state index contributed by atoms with van der Waals surface area (Å²) in [5.41, 5.74) is 33.5. The number of hydrogen-bond donors (Lipinski definition) is 0. The maximum atomic E-state index is 13.0. The van der Waals surface area contributed by atoms with Crippen LogP contribution >= 0.6 is 69.6 Å². The third kappa shape index (κ3) is 31.5. The van der Waals surface area contributed by atoms with E-state index < -0.39 is 29.5 Å². The fourth-order valence-electron chi connectivity index (χ4n) is 12.6. The van der Waals surface area contributed by atoms with Gasteiger partial charge >= 0.3 is 0 Å². The number of rotatable bonds is 45.